The molecule has 0 spiro atoms. The van der Waals surface area contributed by atoms with Crippen molar-refractivity contribution in [1.82, 2.24) is 0 Å². The third-order valence-electron chi connectivity index (χ3n) is 0. The molecule has 0 heterocycles. The summed E-state index contributed by atoms with van der Waals surface area (Å²) in [4.78, 5) is 16.9. The number of hydrogen-bond acceptors (Lipinski definition) is 4. The van der Waals surface area contributed by atoms with Gasteiger partial charge in [-0.25, -0.2) is 0 Å². The molecule has 7 heteroatoms. The van der Waals surface area contributed by atoms with Crippen LogP contribution < -0.4 is 9.79 Å². The van der Waals surface area contributed by atoms with Crippen molar-refractivity contribution < 1.29 is 36.0 Å². The zero-order valence-electron chi connectivity index (χ0n) is 3.17. The molecule has 45 valence electrons. The number of hydrogen-bond donors (Lipinski definition) is 0. The van der Waals surface area contributed by atoms with E-state index < -0.39 is 17.4 Å². The topological polar surface area (TPSA) is 80.3 Å². The average molecular weight is 185 g/mol. The van der Waals surface area contributed by atoms with Gasteiger partial charge in [0.25, 0.3) is 0 Å². The Kier molecular flexibility index (Phi) is 63.9. The van der Waals surface area contributed by atoms with Gasteiger partial charge in [0, 0.05) is 0 Å². The molecule has 0 N–H and O–H groups in total. The third kappa shape index (κ3) is 205. The molecule has 0 fully saturated rings. The van der Waals surface area contributed by atoms with Crippen LogP contribution >= 0.6 is 17.4 Å². The first kappa shape index (κ1) is 15.7. The van der Waals surface area contributed by atoms with Gasteiger partial charge in [-0.1, -0.05) is 0 Å². The predicted octanol–water partition coefficient (Wildman–Crippen LogP) is -1.97. The summed E-state index contributed by atoms with van der Waals surface area (Å²) in [6.07, 6.45) is 0. The van der Waals surface area contributed by atoms with E-state index in [2.05, 4.69) is 0 Å². The Labute approximate surface area is 54.0 Å². The van der Waals surface area contributed by atoms with Crippen LogP contribution in [0.5, 0.6) is 0 Å². The Morgan fingerprint density at radius 2 is 1.00 bits per heavy atom. The molecule has 4 nitrogen and oxygen atoms in total. The summed E-state index contributed by atoms with van der Waals surface area (Å²) in [5.74, 6) is 0. The quantitative estimate of drug-likeness (QED) is 0.324. The SMILES string of the molecule is O=[PH2][O-].O=[PH2][O-].[Mn+2]. The molecule has 2 unspecified atom stereocenters. The largest absolute Gasteiger partial charge is 2.00 e. The molecule has 2 atom stereocenters. The molecule has 0 aliphatic carbocycles. The Balaban J connectivity index is -0.0000000400. The maximum absolute atomic E-state index is 8.46. The maximum Gasteiger partial charge on any atom is 2.00 e. The summed E-state index contributed by atoms with van der Waals surface area (Å²) in [5.41, 5.74) is 0. The van der Waals surface area contributed by atoms with Crippen LogP contribution in [-0.4, -0.2) is 0 Å². The van der Waals surface area contributed by atoms with Gasteiger partial charge in [-0.3, -0.25) is 0 Å². The molecule has 0 aromatic carbocycles. The van der Waals surface area contributed by atoms with Crippen LogP contribution in [0.3, 0.4) is 0 Å². The Hall–Kier alpha value is 0.899. The third-order valence-corrected chi connectivity index (χ3v) is 0. The van der Waals surface area contributed by atoms with Gasteiger partial charge in [0.15, 0.2) is 0 Å². The second-order valence-corrected chi connectivity index (χ2v) is 0.577. The van der Waals surface area contributed by atoms with Gasteiger partial charge in [-0.2, -0.15) is 0 Å². The van der Waals surface area contributed by atoms with Gasteiger partial charge in [-0.15, -0.1) is 0 Å². The van der Waals surface area contributed by atoms with Crippen LogP contribution in [0.15, 0.2) is 0 Å². The Morgan fingerprint density at radius 3 is 1.00 bits per heavy atom. The number of rotatable bonds is 0. The maximum atomic E-state index is 8.46. The van der Waals surface area contributed by atoms with Crippen molar-refractivity contribution in [3.8, 4) is 0 Å². The summed E-state index contributed by atoms with van der Waals surface area (Å²) in [7, 11) is -3.50. The molecule has 0 aliphatic heterocycles. The molecule has 7 heavy (non-hydrogen) atoms. The molecule has 0 bridgehead atoms. The molecule has 0 rings (SSSR count). The Bertz CT molecular complexity index is 30.7. The minimum atomic E-state index is -1.75. The van der Waals surface area contributed by atoms with Crippen molar-refractivity contribution in [2.75, 3.05) is 0 Å². The van der Waals surface area contributed by atoms with Gasteiger partial charge in [0.1, 0.15) is 0 Å². The zero-order chi connectivity index (χ0) is 5.41. The molecular formula is H4MnO4P2. The van der Waals surface area contributed by atoms with Crippen LogP contribution in [0.4, 0.5) is 0 Å². The van der Waals surface area contributed by atoms with E-state index in [1.54, 1.807) is 0 Å². The van der Waals surface area contributed by atoms with Crippen molar-refractivity contribution in [3.05, 3.63) is 0 Å². The summed E-state index contributed by atoms with van der Waals surface area (Å²) >= 11 is 0. The van der Waals surface area contributed by atoms with Gasteiger partial charge in [0.2, 0.25) is 0 Å². The van der Waals surface area contributed by atoms with Gasteiger partial charge < -0.3 is 18.9 Å². The Morgan fingerprint density at radius 1 is 1.00 bits per heavy atom. The first-order chi connectivity index (χ1) is 2.83. The summed E-state index contributed by atoms with van der Waals surface area (Å²) in [6.45, 7) is 0. The van der Waals surface area contributed by atoms with Crippen LogP contribution in [-0.2, 0) is 26.2 Å². The molecule has 0 aromatic heterocycles. The van der Waals surface area contributed by atoms with E-state index in [-0.39, 0.29) is 17.1 Å². The van der Waals surface area contributed by atoms with Crippen LogP contribution in [0.1, 0.15) is 0 Å². The standard InChI is InChI=1S/Mn.2H3O2P/c;2*1-3-2/h;2*3H2,(H,1,2)/q+2;;/p-2. The predicted molar refractivity (Wildman–Crippen MR) is 20.8 cm³/mol. The van der Waals surface area contributed by atoms with Crippen LogP contribution in [0.2, 0.25) is 0 Å². The molecule has 0 saturated heterocycles. The van der Waals surface area contributed by atoms with Crippen molar-refractivity contribution in [2.45, 2.75) is 0 Å². The molecule has 0 amide bonds. The summed E-state index contributed by atoms with van der Waals surface area (Å²) < 4.78 is 16.9. The van der Waals surface area contributed by atoms with Gasteiger partial charge in [0.05, 0.1) is 0 Å². The van der Waals surface area contributed by atoms with Crippen molar-refractivity contribution in [1.29, 1.82) is 0 Å². The molecule has 0 aromatic rings. The monoisotopic (exact) mass is 185 g/mol. The summed E-state index contributed by atoms with van der Waals surface area (Å²) in [6, 6.07) is 0. The minimum Gasteiger partial charge on any atom is -0.804 e. The molecule has 0 aliphatic rings. The normalized spacial score (nSPS) is 8.29. The first-order valence-electron chi connectivity index (χ1n) is 0.943. The second-order valence-electron chi connectivity index (χ2n) is 0.192. The van der Waals surface area contributed by atoms with Crippen molar-refractivity contribution >= 4 is 17.4 Å². The van der Waals surface area contributed by atoms with E-state index in [1.807, 2.05) is 0 Å². The van der Waals surface area contributed by atoms with Gasteiger partial charge >= 0.3 is 17.1 Å². The summed E-state index contributed by atoms with van der Waals surface area (Å²) in [5, 5.41) is 0. The fourth-order valence-electron chi connectivity index (χ4n) is 0. The smallest absolute Gasteiger partial charge is 0.804 e. The van der Waals surface area contributed by atoms with E-state index in [4.69, 9.17) is 18.9 Å². The zero-order valence-corrected chi connectivity index (χ0v) is 6.66. The average Bonchev–Trinajstić information content (AvgIpc) is 1.39. The van der Waals surface area contributed by atoms with Crippen molar-refractivity contribution in [2.24, 2.45) is 0 Å². The fraction of sp³-hybridized carbons (Fsp3) is 0. The minimum absolute atomic E-state index is 0. The van der Waals surface area contributed by atoms with Crippen LogP contribution in [0.25, 0.3) is 0 Å². The van der Waals surface area contributed by atoms with E-state index in [0.29, 0.717) is 0 Å². The van der Waals surface area contributed by atoms with E-state index in [0.717, 1.165) is 0 Å². The van der Waals surface area contributed by atoms with E-state index >= 15 is 0 Å². The fourth-order valence-corrected chi connectivity index (χ4v) is 0. The van der Waals surface area contributed by atoms with Crippen molar-refractivity contribution in [3.63, 3.8) is 0 Å². The molecule has 0 saturated carbocycles. The second kappa shape index (κ2) is 28.6. The molecular weight excluding hydrogens is 181 g/mol. The first-order valence-corrected chi connectivity index (χ1v) is 2.83. The van der Waals surface area contributed by atoms with Gasteiger partial charge in [-0.05, 0) is 17.4 Å². The van der Waals surface area contributed by atoms with Crippen LogP contribution in [0, 0.1) is 0 Å². The van der Waals surface area contributed by atoms with E-state index in [1.165, 1.54) is 0 Å². The molecule has 1 radical (unpaired) electrons. The van der Waals surface area contributed by atoms with E-state index in [9.17, 15) is 0 Å².